The van der Waals surface area contributed by atoms with Crippen molar-refractivity contribution in [3.63, 3.8) is 0 Å². The number of likely N-dealkylation sites (tertiary alicyclic amines) is 1. The number of hydrogen-bond donors (Lipinski definition) is 3. The van der Waals surface area contributed by atoms with Gasteiger partial charge in [-0.25, -0.2) is 15.0 Å². The number of carbonyl (C=O) groups excluding carboxylic acids is 6. The molecule has 6 aliphatic heterocycles. The van der Waals surface area contributed by atoms with Gasteiger partial charge in [0.15, 0.2) is 17.3 Å². The largest absolute Gasteiger partial charge is 0.495 e. The van der Waals surface area contributed by atoms with Crippen LogP contribution in [0.3, 0.4) is 0 Å². The fourth-order valence-corrected chi connectivity index (χ4v) is 19.9. The van der Waals surface area contributed by atoms with Crippen LogP contribution in [0.25, 0.3) is 66.5 Å². The lowest BCUT2D eigenvalue weighted by atomic mass is 9.96. The van der Waals surface area contributed by atoms with E-state index in [1.54, 1.807) is 91.5 Å². The molecule has 0 radical (unpaired) electrons. The molecule has 0 spiro atoms. The summed E-state index contributed by atoms with van der Waals surface area (Å²) in [4.78, 5) is 156. The Hall–Kier alpha value is -12.1. The highest BCUT2D eigenvalue weighted by atomic mass is 35.5. The second-order valence-corrected chi connectivity index (χ2v) is 37.1. The number of amides is 3. The van der Waals surface area contributed by atoms with Crippen molar-refractivity contribution in [1.82, 2.24) is 73.0 Å². The number of hydrogen-bond acceptors (Lipinski definition) is 30. The van der Waals surface area contributed by atoms with Crippen LogP contribution in [0.15, 0.2) is 132 Å². The van der Waals surface area contributed by atoms with Gasteiger partial charge in [0.2, 0.25) is 29.7 Å². The van der Waals surface area contributed by atoms with E-state index in [-0.39, 0.29) is 177 Å². The van der Waals surface area contributed by atoms with E-state index in [0.717, 1.165) is 0 Å². The van der Waals surface area contributed by atoms with Crippen molar-refractivity contribution in [2.75, 3.05) is 197 Å². The molecule has 6 aromatic heterocycles. The molecule has 36 nitrogen and oxygen atoms in total. The van der Waals surface area contributed by atoms with Crippen LogP contribution in [0.1, 0.15) is 39.0 Å². The van der Waals surface area contributed by atoms with Crippen LogP contribution in [0.2, 0.25) is 30.1 Å². The zero-order valence-corrected chi connectivity index (χ0v) is 85.0. The third-order valence-electron chi connectivity index (χ3n) is 25.7. The molecular formula is C100H114Cl6N18O18. The van der Waals surface area contributed by atoms with Crippen molar-refractivity contribution in [1.29, 1.82) is 0 Å². The second-order valence-electron chi connectivity index (χ2n) is 34.9. The van der Waals surface area contributed by atoms with Gasteiger partial charge in [-0.15, -0.1) is 0 Å². The van der Waals surface area contributed by atoms with E-state index < -0.39 is 0 Å². The molecule has 6 atom stereocenters. The number of methoxy groups -OCH3 is 6. The minimum absolute atomic E-state index is 0.0198. The summed E-state index contributed by atoms with van der Waals surface area (Å²) in [6.07, 6.45) is 15.9. The number of anilines is 3. The third-order valence-corrected chi connectivity index (χ3v) is 28.0. The second kappa shape index (κ2) is 49.7. The Balaban J connectivity index is 0.000000179. The number of nitrogens with one attached hydrogen (secondary N) is 3. The number of carbonyl (C=O) groups is 6. The fraction of sp³-hybridized carbons (Fsp3) is 0.430. The Kier molecular flexibility index (Phi) is 37.6. The van der Waals surface area contributed by atoms with Gasteiger partial charge in [0.1, 0.15) is 51.4 Å². The predicted octanol–water partition coefficient (Wildman–Crippen LogP) is 11.9. The lowest BCUT2D eigenvalue weighted by Gasteiger charge is -2.34. The number of fused-ring (bicyclic) bond motifs is 3. The van der Waals surface area contributed by atoms with Gasteiger partial charge in [0.25, 0.3) is 22.6 Å². The van der Waals surface area contributed by atoms with Crippen molar-refractivity contribution >= 4 is 156 Å². The number of allylic oxidation sites excluding steroid dienone is 3. The zero-order valence-electron chi connectivity index (χ0n) is 80.4. The summed E-state index contributed by atoms with van der Waals surface area (Å²) >= 11 is 40.5. The maximum absolute atomic E-state index is 14.5. The molecule has 6 saturated heterocycles. The van der Waals surface area contributed by atoms with Crippen LogP contribution in [-0.4, -0.2) is 308 Å². The standard InChI is InChI=1S/C35H42Cl2N6O6.C33H36Cl2N6O6.C32H36Cl2N6O6/c1-6-24(44)14-23-19-49-20-26(23)39-35-38-17-22-15-25(30-31(36)27(47-4)16-28(48-5)32(30)37)34(46)43(33(22)40-35)18-21-9-12-42(13-10-21)29(45)8-7-11-41(2)3;1-5-7-27(43)40-11-8-39(9-12-40)10-13-41-31-20(17-36-33(38-31)37-24-19-47-18-21(24)14-22(42)6-2)15-23(32(41)44)28-29(34)25(45-3)16-26(46-4)30(28)35;1-5-21(41)13-20-17-46-18-23(20)36-32-35-16-19-14-22(27-28(33)24(44-3)15-25(45-4)29(27)34)31(43)40(30(19)37-32)12-9-38-7-10-39(11-8-38)26(42)6-2/h6-8,15-17,21,23,26H,1,9-14,18-20H2,2-5H3,(H,38,39,40);6,15-17,21,24H,2,8-14,18-19H2,1,3-4H3,(H,36,37,38);5-6,14-16,20,23H,1-2,7-13,17-18H2,3-4H3,(H,35,36,37)/b8-7+;;/t23-,26+;21-,24+;20-,23+/m000/s1. The molecule has 0 saturated carbocycles. The molecule has 3 N–H and O–H groups in total. The van der Waals surface area contributed by atoms with E-state index in [2.05, 4.69) is 78.9 Å². The summed E-state index contributed by atoms with van der Waals surface area (Å²) in [7, 11) is 12.7. The van der Waals surface area contributed by atoms with E-state index >= 15 is 0 Å². The van der Waals surface area contributed by atoms with Gasteiger partial charge < -0.3 is 78.2 Å². The summed E-state index contributed by atoms with van der Waals surface area (Å²) in [6.45, 7) is 26.9. The molecule has 12 heterocycles. The number of pyridine rings is 3. The number of piperidine rings is 1. The molecule has 0 unspecified atom stereocenters. The van der Waals surface area contributed by atoms with Crippen LogP contribution < -0.4 is 61.0 Å². The first-order chi connectivity index (χ1) is 68.4. The van der Waals surface area contributed by atoms with Gasteiger partial charge in [-0.3, -0.25) is 66.7 Å². The Labute approximate surface area is 851 Å². The Bertz CT molecular complexity index is 6480. The van der Waals surface area contributed by atoms with Crippen LogP contribution in [0, 0.1) is 35.5 Å². The molecule has 3 aromatic carbocycles. The summed E-state index contributed by atoms with van der Waals surface area (Å²) in [5, 5.41) is 12.7. The minimum atomic E-state index is -0.369. The lowest BCUT2D eigenvalue weighted by molar-refractivity contribution is -0.128. The highest BCUT2D eigenvalue weighted by molar-refractivity contribution is 6.43. The van der Waals surface area contributed by atoms with E-state index in [4.69, 9.17) is 127 Å². The number of nitrogens with zero attached hydrogens (tertiary/aromatic N) is 15. The van der Waals surface area contributed by atoms with Crippen LogP contribution in [-0.2, 0) is 62.6 Å². The highest BCUT2D eigenvalue weighted by Crippen LogP contribution is 2.49. The molecule has 142 heavy (non-hydrogen) atoms. The van der Waals surface area contributed by atoms with Gasteiger partial charge in [0.05, 0.1) is 147 Å². The third kappa shape index (κ3) is 25.2. The quantitative estimate of drug-likeness (QED) is 0.0242. The summed E-state index contributed by atoms with van der Waals surface area (Å²) in [5.74, 6) is 7.32. The highest BCUT2D eigenvalue weighted by Gasteiger charge is 2.37. The van der Waals surface area contributed by atoms with E-state index in [1.807, 2.05) is 30.0 Å². The fourth-order valence-electron chi connectivity index (χ4n) is 17.8. The van der Waals surface area contributed by atoms with Crippen molar-refractivity contribution in [3.05, 3.63) is 179 Å². The first-order valence-corrected chi connectivity index (χ1v) is 48.4. The van der Waals surface area contributed by atoms with Crippen LogP contribution in [0.5, 0.6) is 34.5 Å². The lowest BCUT2D eigenvalue weighted by Crippen LogP contribution is -2.49. The average Bonchev–Trinajstić information content (AvgIpc) is 0.816. The first-order valence-electron chi connectivity index (χ1n) is 46.1. The number of likely N-dealkylation sites (N-methyl/N-ethyl adjacent to an activating group) is 1. The van der Waals surface area contributed by atoms with Gasteiger partial charge in [-0.2, -0.15) is 15.0 Å². The van der Waals surface area contributed by atoms with E-state index in [0.29, 0.717) is 242 Å². The molecule has 42 heteroatoms. The summed E-state index contributed by atoms with van der Waals surface area (Å²) in [6, 6.07) is 9.10. The first kappa shape index (κ1) is 107. The monoisotopic (exact) mass is 2060 g/mol. The molecule has 3 amide bonds. The number of aromatic nitrogens is 9. The van der Waals surface area contributed by atoms with Crippen molar-refractivity contribution in [3.8, 4) is 79.7 Å². The van der Waals surface area contributed by atoms with Gasteiger partial charge in [-0.05, 0) is 88.2 Å². The van der Waals surface area contributed by atoms with Gasteiger partial charge >= 0.3 is 0 Å². The molecule has 6 fully saturated rings. The van der Waals surface area contributed by atoms with Crippen LogP contribution in [0.4, 0.5) is 17.8 Å². The molecule has 0 bridgehead atoms. The Morgan fingerprint density at radius 2 is 0.761 bits per heavy atom. The minimum Gasteiger partial charge on any atom is -0.495 e. The molecule has 9 aromatic rings. The Morgan fingerprint density at radius 1 is 0.437 bits per heavy atom. The molecule has 754 valence electrons. The van der Waals surface area contributed by atoms with Crippen LogP contribution >= 0.6 is 69.6 Å². The molecule has 15 rings (SSSR count). The van der Waals surface area contributed by atoms with Crippen molar-refractivity contribution in [2.24, 2.45) is 23.7 Å². The molecule has 6 aliphatic rings. The normalized spacial score (nSPS) is 18.3. The Morgan fingerprint density at radius 3 is 1.08 bits per heavy atom. The molecular weight excluding hydrogens is 1950 g/mol. The van der Waals surface area contributed by atoms with Crippen molar-refractivity contribution < 1.29 is 71.4 Å². The molecule has 0 aliphatic carbocycles. The topological polar surface area (TPSA) is 384 Å². The predicted molar refractivity (Wildman–Crippen MR) is 548 cm³/mol. The maximum atomic E-state index is 14.5. The van der Waals surface area contributed by atoms with Gasteiger partial charge in [0, 0.05) is 217 Å². The van der Waals surface area contributed by atoms with E-state index in [1.165, 1.54) is 67.0 Å². The van der Waals surface area contributed by atoms with Crippen molar-refractivity contribution in [2.45, 2.75) is 76.8 Å². The van der Waals surface area contributed by atoms with Gasteiger partial charge in [-0.1, -0.05) is 108 Å². The number of halogens is 6. The SMILES string of the molecule is C=CC(=O)C[C@H]1COC[C@H]1Nc1ncc2cc(-c3c(Cl)c(OC)cc(OC)c3Cl)c(=O)n(CC3CCN(C(=O)/C=C/CN(C)C)CC3)c2n1.C=CC(=O)C[C@H]1COC[C@H]1Nc1ncc2cc(-c3c(Cl)c(OC)cc(OC)c3Cl)c(=O)n(CCN3CCN(C(=O)C#CC)CC3)c2n1.C=CC(=O)C[C@H]1COC[C@H]1Nc1ncc2cc(-c3c(Cl)c(OC)cc(OC)c3Cl)c(=O)n(CCN3CCN(C(=O)C=C)CC3)c2n1. The number of rotatable bonds is 36. The number of ketones is 3. The van der Waals surface area contributed by atoms with E-state index in [9.17, 15) is 43.2 Å². The summed E-state index contributed by atoms with van der Waals surface area (Å²) < 4.78 is 54.5. The average molecular weight is 2070 g/mol. The maximum Gasteiger partial charge on any atom is 0.298 e. The number of ether oxygens (including phenoxy) is 9. The summed E-state index contributed by atoms with van der Waals surface area (Å²) in [5.41, 5.74) is 1.70. The smallest absolute Gasteiger partial charge is 0.298 e. The zero-order chi connectivity index (χ0) is 102. The number of piperazine rings is 2. The number of benzene rings is 3.